The molecule has 1 aliphatic rings. The maximum atomic E-state index is 12.7. The molecule has 1 aliphatic heterocycles. The molecular weight excluding hydrogens is 422 g/mol. The quantitative estimate of drug-likeness (QED) is 0.181. The summed E-state index contributed by atoms with van der Waals surface area (Å²) < 4.78 is 11.4. The predicted molar refractivity (Wildman–Crippen MR) is 110 cm³/mol. The van der Waals surface area contributed by atoms with Gasteiger partial charge in [0.1, 0.15) is 29.1 Å². The molecule has 0 bridgehead atoms. The fraction of sp³-hybridized carbons (Fsp3) is 0.136. The first-order valence-electron chi connectivity index (χ1n) is 9.40. The Hall–Kier alpha value is -4.47. The van der Waals surface area contributed by atoms with Crippen LogP contribution in [0.2, 0.25) is 0 Å². The molecule has 10 heteroatoms. The number of ether oxygens (including phenoxy) is 2. The van der Waals surface area contributed by atoms with Crippen molar-refractivity contribution in [2.45, 2.75) is 18.6 Å². The second-order valence-corrected chi connectivity index (χ2v) is 7.31. The molecule has 0 saturated carbocycles. The fourth-order valence-electron chi connectivity index (χ4n) is 3.50. The number of carbonyl (C=O) groups is 1. The molecule has 3 aromatic carbocycles. The van der Waals surface area contributed by atoms with Gasteiger partial charge in [-0.3, -0.25) is 0 Å². The van der Waals surface area contributed by atoms with Crippen LogP contribution in [0.5, 0.6) is 40.2 Å². The SMILES string of the molecule is Nc1ccc(C(=O)O[C@@H]2Cc3c(O)cc(O)cc3O[C@H]2c2cc(O)c(O)c(O)c2)cc1O. The number of nitrogen functional groups attached to an aromatic ring is 1. The summed E-state index contributed by atoms with van der Waals surface area (Å²) in [5, 5.41) is 59.2. The van der Waals surface area contributed by atoms with Crippen molar-refractivity contribution in [2.75, 3.05) is 5.73 Å². The largest absolute Gasteiger partial charge is 0.508 e. The monoisotopic (exact) mass is 441 g/mol. The molecule has 0 amide bonds. The molecule has 3 aromatic rings. The van der Waals surface area contributed by atoms with E-state index in [-0.39, 0.29) is 51.8 Å². The van der Waals surface area contributed by atoms with Crippen molar-refractivity contribution in [3.8, 4) is 40.2 Å². The van der Waals surface area contributed by atoms with Crippen LogP contribution in [0, 0.1) is 0 Å². The molecule has 32 heavy (non-hydrogen) atoms. The van der Waals surface area contributed by atoms with E-state index in [0.29, 0.717) is 0 Å². The van der Waals surface area contributed by atoms with E-state index in [0.717, 1.165) is 24.3 Å². The highest BCUT2D eigenvalue weighted by Crippen LogP contribution is 2.45. The lowest BCUT2D eigenvalue weighted by molar-refractivity contribution is -0.0189. The number of hydrogen-bond acceptors (Lipinski definition) is 10. The summed E-state index contributed by atoms with van der Waals surface area (Å²) in [4.78, 5) is 12.7. The average Bonchev–Trinajstić information content (AvgIpc) is 2.73. The summed E-state index contributed by atoms with van der Waals surface area (Å²) in [6.45, 7) is 0. The number of aromatic hydroxyl groups is 6. The van der Waals surface area contributed by atoms with Crippen molar-refractivity contribution in [3.63, 3.8) is 0 Å². The number of carbonyl (C=O) groups excluding carboxylic acids is 1. The minimum absolute atomic E-state index is 0.00701. The Kier molecular flexibility index (Phi) is 4.97. The smallest absolute Gasteiger partial charge is 0.338 e. The molecule has 2 atom stereocenters. The Morgan fingerprint density at radius 1 is 0.906 bits per heavy atom. The van der Waals surface area contributed by atoms with Gasteiger partial charge in [-0.05, 0) is 30.3 Å². The van der Waals surface area contributed by atoms with Crippen molar-refractivity contribution in [1.82, 2.24) is 0 Å². The summed E-state index contributed by atoms with van der Waals surface area (Å²) in [5.41, 5.74) is 6.06. The van der Waals surface area contributed by atoms with Gasteiger partial charge in [-0.25, -0.2) is 4.79 Å². The van der Waals surface area contributed by atoms with Gasteiger partial charge in [-0.1, -0.05) is 0 Å². The van der Waals surface area contributed by atoms with Crippen molar-refractivity contribution >= 4 is 11.7 Å². The van der Waals surface area contributed by atoms with Gasteiger partial charge in [0.15, 0.2) is 23.4 Å². The zero-order valence-corrected chi connectivity index (χ0v) is 16.4. The van der Waals surface area contributed by atoms with E-state index in [2.05, 4.69) is 0 Å². The standard InChI is InChI=1S/C22H19NO9/c23-13-2-1-9(3-15(13)26)22(30)32-19-8-12-14(25)6-11(24)7-18(12)31-21(19)10-4-16(27)20(29)17(28)5-10/h1-7,19,21,24-29H,8,23H2/t19-,21+/m1/s1. The molecule has 0 saturated heterocycles. The second-order valence-electron chi connectivity index (χ2n) is 7.31. The summed E-state index contributed by atoms with van der Waals surface area (Å²) in [7, 11) is 0. The maximum Gasteiger partial charge on any atom is 0.338 e. The normalized spacial score (nSPS) is 17.2. The molecule has 0 spiro atoms. The zero-order chi connectivity index (χ0) is 23.2. The van der Waals surface area contributed by atoms with Crippen LogP contribution in [0.4, 0.5) is 5.69 Å². The van der Waals surface area contributed by atoms with Gasteiger partial charge in [-0.15, -0.1) is 0 Å². The topological polar surface area (TPSA) is 183 Å². The number of nitrogens with two attached hydrogens (primary N) is 1. The highest BCUT2D eigenvalue weighted by atomic mass is 16.6. The number of hydrogen-bond donors (Lipinski definition) is 7. The number of phenols is 6. The van der Waals surface area contributed by atoms with E-state index < -0.39 is 35.4 Å². The Bertz CT molecular complexity index is 1200. The van der Waals surface area contributed by atoms with Crippen molar-refractivity contribution < 1.29 is 44.9 Å². The minimum Gasteiger partial charge on any atom is -0.508 e. The third-order valence-corrected chi connectivity index (χ3v) is 5.11. The van der Waals surface area contributed by atoms with Crippen LogP contribution in [-0.4, -0.2) is 42.7 Å². The van der Waals surface area contributed by atoms with Crippen molar-refractivity contribution in [3.05, 3.63) is 59.2 Å². The summed E-state index contributed by atoms with van der Waals surface area (Å²) in [5.74, 6) is -3.53. The molecule has 0 aromatic heterocycles. The van der Waals surface area contributed by atoms with E-state index in [1.807, 2.05) is 0 Å². The summed E-state index contributed by atoms with van der Waals surface area (Å²) >= 11 is 0. The highest BCUT2D eigenvalue weighted by molar-refractivity contribution is 5.90. The van der Waals surface area contributed by atoms with Crippen LogP contribution in [0.3, 0.4) is 0 Å². The first kappa shape index (κ1) is 20.8. The molecule has 0 radical (unpaired) electrons. The highest BCUT2D eigenvalue weighted by Gasteiger charge is 2.37. The van der Waals surface area contributed by atoms with Crippen LogP contribution >= 0.6 is 0 Å². The molecule has 10 nitrogen and oxygen atoms in total. The van der Waals surface area contributed by atoms with Crippen molar-refractivity contribution in [2.24, 2.45) is 0 Å². The van der Waals surface area contributed by atoms with Crippen LogP contribution in [0.1, 0.15) is 27.6 Å². The third kappa shape index (κ3) is 3.69. The molecular formula is C22H19NO9. The molecule has 0 unspecified atom stereocenters. The number of esters is 1. The van der Waals surface area contributed by atoms with Gasteiger partial charge in [0, 0.05) is 29.7 Å². The Morgan fingerprint density at radius 3 is 2.25 bits per heavy atom. The minimum atomic E-state index is -1.09. The van der Waals surface area contributed by atoms with Crippen molar-refractivity contribution in [1.29, 1.82) is 0 Å². The van der Waals surface area contributed by atoms with Crippen LogP contribution in [0.25, 0.3) is 0 Å². The van der Waals surface area contributed by atoms with Gasteiger partial charge in [0.25, 0.3) is 0 Å². The van der Waals surface area contributed by atoms with E-state index >= 15 is 0 Å². The molecule has 0 aliphatic carbocycles. The maximum absolute atomic E-state index is 12.7. The van der Waals surface area contributed by atoms with Gasteiger partial charge in [0.2, 0.25) is 0 Å². The van der Waals surface area contributed by atoms with E-state index in [4.69, 9.17) is 15.2 Å². The number of rotatable bonds is 3. The van der Waals surface area contributed by atoms with E-state index in [1.54, 1.807) is 0 Å². The number of phenolic OH excluding ortho intramolecular Hbond substituents is 6. The fourth-order valence-corrected chi connectivity index (χ4v) is 3.50. The van der Waals surface area contributed by atoms with Gasteiger partial charge in [0.05, 0.1) is 11.3 Å². The Labute approximate surface area is 180 Å². The lowest BCUT2D eigenvalue weighted by Crippen LogP contribution is -2.34. The number of fused-ring (bicyclic) bond motifs is 1. The first-order chi connectivity index (χ1) is 15.1. The molecule has 4 rings (SSSR count). The summed E-state index contributed by atoms with van der Waals surface area (Å²) in [6.07, 6.45) is -2.19. The third-order valence-electron chi connectivity index (χ3n) is 5.11. The van der Waals surface area contributed by atoms with E-state index in [9.17, 15) is 35.4 Å². The lowest BCUT2D eigenvalue weighted by atomic mass is 9.93. The predicted octanol–water partition coefficient (Wildman–Crippen LogP) is 2.40. The van der Waals surface area contributed by atoms with Gasteiger partial charge in [-0.2, -0.15) is 0 Å². The van der Waals surface area contributed by atoms with Gasteiger partial charge >= 0.3 is 5.97 Å². The van der Waals surface area contributed by atoms with Crippen LogP contribution in [0.15, 0.2) is 42.5 Å². The Morgan fingerprint density at radius 2 is 1.59 bits per heavy atom. The number of anilines is 1. The Balaban J connectivity index is 1.74. The van der Waals surface area contributed by atoms with E-state index in [1.165, 1.54) is 18.2 Å². The first-order valence-corrected chi connectivity index (χ1v) is 9.40. The van der Waals surface area contributed by atoms with Crippen LogP contribution in [-0.2, 0) is 11.2 Å². The number of benzene rings is 3. The van der Waals surface area contributed by atoms with Gasteiger partial charge < -0.3 is 45.8 Å². The summed E-state index contributed by atoms with van der Waals surface area (Å²) in [6, 6.07) is 8.46. The molecule has 0 fully saturated rings. The molecule has 166 valence electrons. The van der Waals surface area contributed by atoms with Crippen LogP contribution < -0.4 is 10.5 Å². The molecule has 1 heterocycles. The average molecular weight is 441 g/mol. The molecule has 8 N–H and O–H groups in total. The zero-order valence-electron chi connectivity index (χ0n) is 16.4. The second kappa shape index (κ2) is 7.65. The lowest BCUT2D eigenvalue weighted by Gasteiger charge is -2.34.